The Bertz CT molecular complexity index is 554. The number of para-hydroxylation sites is 1. The zero-order valence-electron chi connectivity index (χ0n) is 13.2. The first-order chi connectivity index (χ1) is 10.3. The summed E-state index contributed by atoms with van der Waals surface area (Å²) >= 11 is 0. The first kappa shape index (κ1) is 15.8. The quantitative estimate of drug-likeness (QED) is 0.698. The van der Waals surface area contributed by atoms with Gasteiger partial charge in [0.05, 0.1) is 12.1 Å². The van der Waals surface area contributed by atoms with Crippen molar-refractivity contribution in [3.63, 3.8) is 0 Å². The SMILES string of the molecule is CCCCCCOc1cc(CNCC)c2ccccc2n1. The van der Waals surface area contributed by atoms with E-state index in [0.29, 0.717) is 0 Å². The number of ether oxygens (including phenoxy) is 1. The van der Waals surface area contributed by atoms with Crippen molar-refractivity contribution in [1.82, 2.24) is 10.3 Å². The number of benzene rings is 1. The second-order valence-corrected chi connectivity index (χ2v) is 5.33. The molecule has 2 aromatic rings. The largest absolute Gasteiger partial charge is 0.478 e. The van der Waals surface area contributed by atoms with Crippen molar-refractivity contribution in [3.8, 4) is 5.88 Å². The highest BCUT2D eigenvalue weighted by molar-refractivity contribution is 5.82. The Balaban J connectivity index is 2.08. The second kappa shape index (κ2) is 8.63. The molecule has 0 saturated carbocycles. The van der Waals surface area contributed by atoms with Gasteiger partial charge in [-0.2, -0.15) is 0 Å². The van der Waals surface area contributed by atoms with E-state index in [-0.39, 0.29) is 0 Å². The summed E-state index contributed by atoms with van der Waals surface area (Å²) in [7, 11) is 0. The fourth-order valence-electron chi connectivity index (χ4n) is 2.41. The summed E-state index contributed by atoms with van der Waals surface area (Å²) in [5, 5.41) is 4.59. The molecule has 21 heavy (non-hydrogen) atoms. The van der Waals surface area contributed by atoms with Gasteiger partial charge in [-0.25, -0.2) is 4.98 Å². The summed E-state index contributed by atoms with van der Waals surface area (Å²) in [4.78, 5) is 4.61. The van der Waals surface area contributed by atoms with Gasteiger partial charge in [0.15, 0.2) is 0 Å². The maximum Gasteiger partial charge on any atom is 0.214 e. The molecule has 1 N–H and O–H groups in total. The van der Waals surface area contributed by atoms with Crippen molar-refractivity contribution in [2.24, 2.45) is 0 Å². The standard InChI is InChI=1S/C18H26N2O/c1-3-5-6-9-12-21-18-13-15(14-19-4-2)16-10-7-8-11-17(16)20-18/h7-8,10-11,13,19H,3-6,9,12,14H2,1-2H3. The van der Waals surface area contributed by atoms with Crippen LogP contribution in [0.2, 0.25) is 0 Å². The fraction of sp³-hybridized carbons (Fsp3) is 0.500. The van der Waals surface area contributed by atoms with E-state index in [4.69, 9.17) is 4.74 Å². The number of fused-ring (bicyclic) bond motifs is 1. The molecule has 0 spiro atoms. The van der Waals surface area contributed by atoms with Gasteiger partial charge in [-0.05, 0) is 24.6 Å². The Kier molecular flexibility index (Phi) is 6.48. The summed E-state index contributed by atoms with van der Waals surface area (Å²) in [6, 6.07) is 10.3. The van der Waals surface area contributed by atoms with Gasteiger partial charge in [0.2, 0.25) is 5.88 Å². The molecule has 1 heterocycles. The van der Waals surface area contributed by atoms with E-state index >= 15 is 0 Å². The van der Waals surface area contributed by atoms with Crippen LogP contribution in [0.15, 0.2) is 30.3 Å². The van der Waals surface area contributed by atoms with Gasteiger partial charge in [0, 0.05) is 18.0 Å². The van der Waals surface area contributed by atoms with Gasteiger partial charge in [-0.1, -0.05) is 51.3 Å². The molecule has 2 rings (SSSR count). The van der Waals surface area contributed by atoms with Crippen molar-refractivity contribution in [1.29, 1.82) is 0 Å². The van der Waals surface area contributed by atoms with Crippen LogP contribution in [-0.4, -0.2) is 18.1 Å². The van der Waals surface area contributed by atoms with E-state index in [0.717, 1.165) is 37.5 Å². The van der Waals surface area contributed by atoms with Crippen LogP contribution in [0.5, 0.6) is 5.88 Å². The zero-order chi connectivity index (χ0) is 14.9. The van der Waals surface area contributed by atoms with E-state index in [1.165, 1.54) is 30.2 Å². The van der Waals surface area contributed by atoms with Crippen LogP contribution < -0.4 is 10.1 Å². The average Bonchev–Trinajstić information content (AvgIpc) is 2.52. The summed E-state index contributed by atoms with van der Waals surface area (Å²) in [6.45, 7) is 6.91. The minimum Gasteiger partial charge on any atom is -0.478 e. The number of pyridine rings is 1. The lowest BCUT2D eigenvalue weighted by molar-refractivity contribution is 0.294. The number of hydrogen-bond donors (Lipinski definition) is 1. The van der Waals surface area contributed by atoms with Crippen molar-refractivity contribution in [2.45, 2.75) is 46.1 Å². The highest BCUT2D eigenvalue weighted by Crippen LogP contribution is 2.22. The molecule has 0 fully saturated rings. The maximum absolute atomic E-state index is 5.84. The molecule has 1 aromatic carbocycles. The summed E-state index contributed by atoms with van der Waals surface area (Å²) in [5.74, 6) is 0.748. The minimum absolute atomic E-state index is 0.748. The Morgan fingerprint density at radius 3 is 2.76 bits per heavy atom. The number of nitrogens with one attached hydrogen (secondary N) is 1. The average molecular weight is 286 g/mol. The number of hydrogen-bond acceptors (Lipinski definition) is 3. The van der Waals surface area contributed by atoms with E-state index in [1.807, 2.05) is 6.07 Å². The molecule has 0 amide bonds. The molecule has 0 aliphatic heterocycles. The first-order valence-electron chi connectivity index (χ1n) is 8.07. The van der Waals surface area contributed by atoms with Crippen LogP contribution in [0.3, 0.4) is 0 Å². The molecule has 1 aromatic heterocycles. The van der Waals surface area contributed by atoms with Crippen LogP contribution in [0, 0.1) is 0 Å². The third-order valence-corrected chi connectivity index (χ3v) is 3.59. The molecule has 0 bridgehead atoms. The van der Waals surface area contributed by atoms with Crippen LogP contribution in [-0.2, 0) is 6.54 Å². The third-order valence-electron chi connectivity index (χ3n) is 3.59. The topological polar surface area (TPSA) is 34.1 Å². The molecular weight excluding hydrogens is 260 g/mol. The van der Waals surface area contributed by atoms with Gasteiger partial charge in [0.1, 0.15) is 0 Å². The highest BCUT2D eigenvalue weighted by atomic mass is 16.5. The predicted octanol–water partition coefficient (Wildman–Crippen LogP) is 4.30. The predicted molar refractivity (Wildman–Crippen MR) is 88.8 cm³/mol. The van der Waals surface area contributed by atoms with Gasteiger partial charge >= 0.3 is 0 Å². The normalized spacial score (nSPS) is 11.0. The van der Waals surface area contributed by atoms with Crippen LogP contribution >= 0.6 is 0 Å². The van der Waals surface area contributed by atoms with Gasteiger partial charge in [0.25, 0.3) is 0 Å². The van der Waals surface area contributed by atoms with E-state index in [1.54, 1.807) is 0 Å². The number of aromatic nitrogens is 1. The Hall–Kier alpha value is -1.61. The number of rotatable bonds is 9. The lowest BCUT2D eigenvalue weighted by Crippen LogP contribution is -2.12. The molecule has 0 atom stereocenters. The lowest BCUT2D eigenvalue weighted by atomic mass is 10.1. The molecule has 0 aliphatic carbocycles. The molecule has 0 aliphatic rings. The van der Waals surface area contributed by atoms with Crippen LogP contribution in [0.4, 0.5) is 0 Å². The van der Waals surface area contributed by atoms with Gasteiger partial charge in [-0.3, -0.25) is 0 Å². The Morgan fingerprint density at radius 1 is 1.10 bits per heavy atom. The lowest BCUT2D eigenvalue weighted by Gasteiger charge is -2.11. The van der Waals surface area contributed by atoms with E-state index in [2.05, 4.69) is 48.4 Å². The minimum atomic E-state index is 0.748. The monoisotopic (exact) mass is 286 g/mol. The Morgan fingerprint density at radius 2 is 1.95 bits per heavy atom. The highest BCUT2D eigenvalue weighted by Gasteiger charge is 2.06. The van der Waals surface area contributed by atoms with E-state index < -0.39 is 0 Å². The fourth-order valence-corrected chi connectivity index (χ4v) is 2.41. The third kappa shape index (κ3) is 4.71. The van der Waals surface area contributed by atoms with Crippen LogP contribution in [0.25, 0.3) is 10.9 Å². The van der Waals surface area contributed by atoms with Gasteiger partial charge < -0.3 is 10.1 Å². The van der Waals surface area contributed by atoms with E-state index in [9.17, 15) is 0 Å². The molecular formula is C18H26N2O. The van der Waals surface area contributed by atoms with Crippen molar-refractivity contribution in [3.05, 3.63) is 35.9 Å². The Labute approximate surface area is 127 Å². The summed E-state index contributed by atoms with van der Waals surface area (Å²) in [6.07, 6.45) is 4.86. The first-order valence-corrected chi connectivity index (χ1v) is 8.07. The molecule has 0 radical (unpaired) electrons. The molecule has 3 heteroatoms. The van der Waals surface area contributed by atoms with Crippen molar-refractivity contribution < 1.29 is 4.74 Å². The van der Waals surface area contributed by atoms with Crippen LogP contribution in [0.1, 0.15) is 45.1 Å². The molecule has 0 unspecified atom stereocenters. The molecule has 0 saturated heterocycles. The zero-order valence-corrected chi connectivity index (χ0v) is 13.2. The van der Waals surface area contributed by atoms with Crippen molar-refractivity contribution >= 4 is 10.9 Å². The second-order valence-electron chi connectivity index (χ2n) is 5.33. The molecule has 3 nitrogen and oxygen atoms in total. The number of nitrogens with zero attached hydrogens (tertiary/aromatic N) is 1. The maximum atomic E-state index is 5.84. The van der Waals surface area contributed by atoms with Gasteiger partial charge in [-0.15, -0.1) is 0 Å². The smallest absolute Gasteiger partial charge is 0.214 e. The molecule has 114 valence electrons. The number of unbranched alkanes of at least 4 members (excludes halogenated alkanes) is 3. The summed E-state index contributed by atoms with van der Waals surface area (Å²) < 4.78 is 5.84. The summed E-state index contributed by atoms with van der Waals surface area (Å²) in [5.41, 5.74) is 2.27. The van der Waals surface area contributed by atoms with Crippen molar-refractivity contribution in [2.75, 3.05) is 13.2 Å².